The van der Waals surface area contributed by atoms with Crippen molar-refractivity contribution in [1.82, 2.24) is 9.96 Å². The second kappa shape index (κ2) is 6.44. The lowest BCUT2D eigenvalue weighted by Gasteiger charge is -2.31. The zero-order valence-corrected chi connectivity index (χ0v) is 9.39. The average Bonchev–Trinajstić information content (AvgIpc) is 2.25. The number of primary amides is 1. The van der Waals surface area contributed by atoms with Crippen LogP contribution in [-0.2, 0) is 9.59 Å². The van der Waals surface area contributed by atoms with E-state index in [-0.39, 0.29) is 11.8 Å². The summed E-state index contributed by atoms with van der Waals surface area (Å²) in [5.41, 5.74) is 5.00. The maximum absolute atomic E-state index is 11.7. The van der Waals surface area contributed by atoms with Crippen LogP contribution in [0.4, 0.5) is 0 Å². The van der Waals surface area contributed by atoms with E-state index in [2.05, 4.69) is 0 Å². The fourth-order valence-corrected chi connectivity index (χ4v) is 1.68. The number of amides is 2. The van der Waals surface area contributed by atoms with Gasteiger partial charge in [0.15, 0.2) is 0 Å². The number of unbranched alkanes of at least 4 members (excludes halogenated alkanes) is 1. The molecule has 16 heavy (non-hydrogen) atoms. The molecule has 0 spiro atoms. The largest absolute Gasteiger partial charge is 0.370 e. The van der Waals surface area contributed by atoms with Gasteiger partial charge in [-0.3, -0.25) is 9.59 Å². The summed E-state index contributed by atoms with van der Waals surface area (Å²) < 4.78 is 0. The molecule has 3 N–H and O–H groups in total. The zero-order valence-electron chi connectivity index (χ0n) is 9.39. The molecule has 0 unspecified atom stereocenters. The molecule has 92 valence electrons. The van der Waals surface area contributed by atoms with Crippen molar-refractivity contribution in [2.24, 2.45) is 5.73 Å². The Morgan fingerprint density at radius 3 is 2.19 bits per heavy atom. The highest BCUT2D eigenvalue weighted by Crippen LogP contribution is 2.06. The van der Waals surface area contributed by atoms with Crippen LogP contribution in [0.3, 0.4) is 0 Å². The number of carbonyl (C=O) groups excluding carboxylic acids is 2. The Morgan fingerprint density at radius 1 is 1.06 bits per heavy atom. The lowest BCUT2D eigenvalue weighted by atomic mass is 10.1. The number of hydroxylamine groups is 2. The smallest absolute Gasteiger partial charge is 0.222 e. The Hall–Kier alpha value is -1.14. The molecule has 6 nitrogen and oxygen atoms in total. The van der Waals surface area contributed by atoms with E-state index >= 15 is 0 Å². The Kier molecular flexibility index (Phi) is 5.21. The molecule has 1 aliphatic heterocycles. The Bertz CT molecular complexity index is 250. The fourth-order valence-electron chi connectivity index (χ4n) is 1.68. The second-order valence-electron chi connectivity index (χ2n) is 4.01. The third kappa shape index (κ3) is 4.59. The summed E-state index contributed by atoms with van der Waals surface area (Å²) in [6, 6.07) is 0. The van der Waals surface area contributed by atoms with Crippen LogP contribution in [0.5, 0.6) is 0 Å². The van der Waals surface area contributed by atoms with Gasteiger partial charge in [-0.15, -0.1) is 0 Å². The van der Waals surface area contributed by atoms with Crippen molar-refractivity contribution in [3.8, 4) is 0 Å². The Balaban J connectivity index is 2.12. The van der Waals surface area contributed by atoms with Gasteiger partial charge in [-0.2, -0.15) is 5.06 Å². The number of nitrogens with zero attached hydrogens (tertiary/aromatic N) is 2. The highest BCUT2D eigenvalue weighted by atomic mass is 16.5. The number of nitrogens with two attached hydrogens (primary N) is 1. The van der Waals surface area contributed by atoms with Crippen molar-refractivity contribution in [2.75, 3.05) is 26.2 Å². The molecule has 0 aromatic heterocycles. The minimum atomic E-state index is -0.318. The first-order valence-electron chi connectivity index (χ1n) is 5.59. The highest BCUT2D eigenvalue weighted by Gasteiger charge is 2.19. The van der Waals surface area contributed by atoms with Gasteiger partial charge in [-0.1, -0.05) is 0 Å². The van der Waals surface area contributed by atoms with E-state index in [9.17, 15) is 9.59 Å². The Labute approximate surface area is 94.9 Å². The van der Waals surface area contributed by atoms with Crippen LogP contribution in [-0.4, -0.2) is 53.2 Å². The second-order valence-corrected chi connectivity index (χ2v) is 4.01. The SMILES string of the molecule is NC(=O)CCCCC(=O)N1CCN(O)CC1. The van der Waals surface area contributed by atoms with E-state index < -0.39 is 0 Å². The standard InChI is InChI=1S/C10H19N3O3/c11-9(14)3-1-2-4-10(15)12-5-7-13(16)8-6-12/h16H,1-8H2,(H2,11,14). The van der Waals surface area contributed by atoms with Crippen LogP contribution < -0.4 is 5.73 Å². The molecular formula is C10H19N3O3. The predicted octanol–water partition coefficient (Wildman–Crippen LogP) is -0.434. The molecule has 1 saturated heterocycles. The summed E-state index contributed by atoms with van der Waals surface area (Å²) in [5, 5.41) is 10.3. The molecule has 1 rings (SSSR count). The molecule has 0 saturated carbocycles. The first-order chi connectivity index (χ1) is 7.59. The number of rotatable bonds is 5. The number of hydrogen-bond donors (Lipinski definition) is 2. The van der Waals surface area contributed by atoms with E-state index in [0.29, 0.717) is 51.9 Å². The summed E-state index contributed by atoms with van der Waals surface area (Å²) in [4.78, 5) is 23.9. The van der Waals surface area contributed by atoms with Crippen LogP contribution in [0.1, 0.15) is 25.7 Å². The van der Waals surface area contributed by atoms with Crippen molar-refractivity contribution in [1.29, 1.82) is 0 Å². The number of hydrogen-bond acceptors (Lipinski definition) is 4. The van der Waals surface area contributed by atoms with Crippen molar-refractivity contribution < 1.29 is 14.8 Å². The summed E-state index contributed by atoms with van der Waals surface area (Å²) in [6.07, 6.45) is 2.17. The summed E-state index contributed by atoms with van der Waals surface area (Å²) in [7, 11) is 0. The summed E-state index contributed by atoms with van der Waals surface area (Å²) >= 11 is 0. The molecule has 6 heteroatoms. The third-order valence-electron chi connectivity index (χ3n) is 2.67. The van der Waals surface area contributed by atoms with Gasteiger partial charge in [0.05, 0.1) is 0 Å². The lowest BCUT2D eigenvalue weighted by Crippen LogP contribution is -2.47. The molecule has 1 aliphatic rings. The van der Waals surface area contributed by atoms with Crippen LogP contribution in [0.2, 0.25) is 0 Å². The van der Waals surface area contributed by atoms with Gasteiger partial charge in [0, 0.05) is 39.0 Å². The van der Waals surface area contributed by atoms with Gasteiger partial charge in [-0.25, -0.2) is 0 Å². The van der Waals surface area contributed by atoms with E-state index in [1.54, 1.807) is 4.90 Å². The van der Waals surface area contributed by atoms with Gasteiger partial charge in [0.2, 0.25) is 11.8 Å². The topological polar surface area (TPSA) is 86.9 Å². The molecule has 0 bridgehead atoms. The first kappa shape index (κ1) is 12.9. The number of piperazine rings is 1. The summed E-state index contributed by atoms with van der Waals surface area (Å²) in [6.45, 7) is 2.16. The van der Waals surface area contributed by atoms with Crippen molar-refractivity contribution in [3.05, 3.63) is 0 Å². The van der Waals surface area contributed by atoms with E-state index in [1.807, 2.05) is 0 Å². The quantitative estimate of drug-likeness (QED) is 0.626. The lowest BCUT2D eigenvalue weighted by molar-refractivity contribution is -0.146. The van der Waals surface area contributed by atoms with Crippen molar-refractivity contribution >= 4 is 11.8 Å². The maximum atomic E-state index is 11.7. The van der Waals surface area contributed by atoms with Gasteiger partial charge >= 0.3 is 0 Å². The molecule has 0 aliphatic carbocycles. The predicted molar refractivity (Wildman–Crippen MR) is 57.6 cm³/mol. The number of carbonyl (C=O) groups is 2. The third-order valence-corrected chi connectivity index (χ3v) is 2.67. The van der Waals surface area contributed by atoms with E-state index in [0.717, 1.165) is 0 Å². The maximum Gasteiger partial charge on any atom is 0.222 e. The normalized spacial score (nSPS) is 17.4. The van der Waals surface area contributed by atoms with Gasteiger partial charge in [0.25, 0.3) is 0 Å². The molecular weight excluding hydrogens is 210 g/mol. The van der Waals surface area contributed by atoms with Crippen LogP contribution in [0, 0.1) is 0 Å². The minimum Gasteiger partial charge on any atom is -0.370 e. The van der Waals surface area contributed by atoms with Crippen molar-refractivity contribution in [2.45, 2.75) is 25.7 Å². The van der Waals surface area contributed by atoms with Gasteiger partial charge < -0.3 is 15.8 Å². The van der Waals surface area contributed by atoms with E-state index in [4.69, 9.17) is 10.9 Å². The molecule has 2 amide bonds. The molecule has 0 atom stereocenters. The molecule has 1 heterocycles. The van der Waals surface area contributed by atoms with E-state index in [1.165, 1.54) is 5.06 Å². The van der Waals surface area contributed by atoms with Crippen molar-refractivity contribution in [3.63, 3.8) is 0 Å². The van der Waals surface area contributed by atoms with Crippen LogP contribution in [0.15, 0.2) is 0 Å². The van der Waals surface area contributed by atoms with Crippen LogP contribution in [0.25, 0.3) is 0 Å². The first-order valence-corrected chi connectivity index (χ1v) is 5.59. The monoisotopic (exact) mass is 229 g/mol. The molecule has 0 aromatic rings. The average molecular weight is 229 g/mol. The van der Waals surface area contributed by atoms with Gasteiger partial charge in [-0.05, 0) is 12.8 Å². The van der Waals surface area contributed by atoms with Crippen LogP contribution >= 0.6 is 0 Å². The molecule has 0 aromatic carbocycles. The fraction of sp³-hybridized carbons (Fsp3) is 0.800. The molecule has 1 fully saturated rings. The summed E-state index contributed by atoms with van der Waals surface area (Å²) in [5.74, 6) is -0.223. The van der Waals surface area contributed by atoms with Gasteiger partial charge in [0.1, 0.15) is 0 Å². The highest BCUT2D eigenvalue weighted by molar-refractivity contribution is 5.76. The minimum absolute atomic E-state index is 0.0950. The molecule has 0 radical (unpaired) electrons. The zero-order chi connectivity index (χ0) is 12.0. The Morgan fingerprint density at radius 2 is 1.62 bits per heavy atom.